The molecule has 4 nitrogen and oxygen atoms in total. The molecule has 1 rings (SSSR count). The Morgan fingerprint density at radius 2 is 1.93 bits per heavy atom. The van der Waals surface area contributed by atoms with E-state index in [2.05, 4.69) is 16.8 Å². The monoisotopic (exact) mass is 209 g/mol. The lowest BCUT2D eigenvalue weighted by Crippen LogP contribution is -2.37. The second kappa shape index (κ2) is 5.11. The van der Waals surface area contributed by atoms with Crippen LogP contribution in [0.2, 0.25) is 0 Å². The molecule has 1 unspecified atom stereocenters. The third kappa shape index (κ3) is 2.47. The van der Waals surface area contributed by atoms with Crippen LogP contribution in [-0.2, 0) is 0 Å². The number of hydrogen-bond acceptors (Lipinski definition) is 4. The molecule has 0 bridgehead atoms. The van der Waals surface area contributed by atoms with Crippen LogP contribution < -0.4 is 21.3 Å². The van der Waals surface area contributed by atoms with Crippen molar-refractivity contribution in [1.82, 2.24) is 10.7 Å². The number of methoxy groups -OCH3 is 1. The molecule has 0 fully saturated rings. The van der Waals surface area contributed by atoms with Crippen molar-refractivity contribution in [2.75, 3.05) is 14.2 Å². The standard InChI is InChI=1S/C11H19N3O/c1-7-6-10(15-4)8(2)5-9(7)11(13-3)14-12/h5-6,11,13-14H,12H2,1-4H3. The van der Waals surface area contributed by atoms with Crippen LogP contribution in [0.15, 0.2) is 12.1 Å². The Morgan fingerprint density at radius 1 is 1.27 bits per heavy atom. The average molecular weight is 209 g/mol. The van der Waals surface area contributed by atoms with Gasteiger partial charge in [0, 0.05) is 0 Å². The van der Waals surface area contributed by atoms with E-state index in [0.29, 0.717) is 0 Å². The second-order valence-corrected chi connectivity index (χ2v) is 3.57. The third-order valence-corrected chi connectivity index (χ3v) is 2.55. The Kier molecular flexibility index (Phi) is 4.08. The lowest BCUT2D eigenvalue weighted by Gasteiger charge is -2.19. The molecular weight excluding hydrogens is 190 g/mol. The first kappa shape index (κ1) is 12.0. The summed E-state index contributed by atoms with van der Waals surface area (Å²) in [6, 6.07) is 4.10. The second-order valence-electron chi connectivity index (χ2n) is 3.57. The van der Waals surface area contributed by atoms with E-state index in [9.17, 15) is 0 Å². The average Bonchev–Trinajstić information content (AvgIpc) is 2.24. The topological polar surface area (TPSA) is 59.3 Å². The van der Waals surface area contributed by atoms with Crippen LogP contribution in [-0.4, -0.2) is 14.2 Å². The number of nitrogens with one attached hydrogen (secondary N) is 2. The van der Waals surface area contributed by atoms with Crippen molar-refractivity contribution < 1.29 is 4.74 Å². The molecule has 0 radical (unpaired) electrons. The van der Waals surface area contributed by atoms with Gasteiger partial charge >= 0.3 is 0 Å². The zero-order valence-corrected chi connectivity index (χ0v) is 9.72. The van der Waals surface area contributed by atoms with Gasteiger partial charge in [-0.3, -0.25) is 5.84 Å². The molecule has 1 atom stereocenters. The van der Waals surface area contributed by atoms with Gasteiger partial charge in [-0.25, -0.2) is 5.43 Å². The van der Waals surface area contributed by atoms with Crippen LogP contribution in [0.5, 0.6) is 5.75 Å². The molecule has 1 aromatic rings. The fourth-order valence-electron chi connectivity index (χ4n) is 1.67. The summed E-state index contributed by atoms with van der Waals surface area (Å²) in [6.45, 7) is 4.06. The number of aryl methyl sites for hydroxylation is 2. The quantitative estimate of drug-likeness (QED) is 0.393. The molecule has 15 heavy (non-hydrogen) atoms. The minimum atomic E-state index is -0.0328. The van der Waals surface area contributed by atoms with Crippen LogP contribution in [0.25, 0.3) is 0 Å². The summed E-state index contributed by atoms with van der Waals surface area (Å²) in [4.78, 5) is 0. The molecule has 4 heteroatoms. The fraction of sp³-hybridized carbons (Fsp3) is 0.455. The van der Waals surface area contributed by atoms with Crippen molar-refractivity contribution in [2.45, 2.75) is 20.0 Å². The number of ether oxygens (including phenoxy) is 1. The summed E-state index contributed by atoms with van der Waals surface area (Å²) < 4.78 is 5.26. The van der Waals surface area contributed by atoms with E-state index < -0.39 is 0 Å². The van der Waals surface area contributed by atoms with Gasteiger partial charge in [-0.1, -0.05) is 0 Å². The summed E-state index contributed by atoms with van der Waals surface area (Å²) in [7, 11) is 3.54. The first-order valence-corrected chi connectivity index (χ1v) is 4.92. The SMILES string of the molecule is CNC(NN)c1cc(C)c(OC)cc1C. The molecule has 0 spiro atoms. The third-order valence-electron chi connectivity index (χ3n) is 2.55. The van der Waals surface area contributed by atoms with Crippen LogP contribution >= 0.6 is 0 Å². The predicted octanol–water partition coefficient (Wildman–Crippen LogP) is 0.993. The molecule has 0 saturated heterocycles. The van der Waals surface area contributed by atoms with Crippen molar-refractivity contribution in [1.29, 1.82) is 0 Å². The smallest absolute Gasteiger partial charge is 0.122 e. The summed E-state index contributed by atoms with van der Waals surface area (Å²) in [5, 5.41) is 3.10. The minimum absolute atomic E-state index is 0.0328. The Labute approximate surface area is 90.8 Å². The Hall–Kier alpha value is -1.10. The lowest BCUT2D eigenvalue weighted by atomic mass is 10.0. The van der Waals surface area contributed by atoms with E-state index in [1.165, 1.54) is 0 Å². The number of benzene rings is 1. The molecule has 0 saturated carbocycles. The van der Waals surface area contributed by atoms with Gasteiger partial charge in [0.1, 0.15) is 5.75 Å². The maximum atomic E-state index is 5.46. The molecule has 84 valence electrons. The highest BCUT2D eigenvalue weighted by molar-refractivity contribution is 5.42. The number of nitrogens with two attached hydrogens (primary N) is 1. The summed E-state index contributed by atoms with van der Waals surface area (Å²) in [5.74, 6) is 6.37. The highest BCUT2D eigenvalue weighted by Crippen LogP contribution is 2.25. The van der Waals surface area contributed by atoms with Gasteiger partial charge in [-0.2, -0.15) is 0 Å². The number of hydrogen-bond donors (Lipinski definition) is 3. The van der Waals surface area contributed by atoms with E-state index in [4.69, 9.17) is 10.6 Å². The molecule has 1 aromatic carbocycles. The molecule has 0 amide bonds. The van der Waals surface area contributed by atoms with Gasteiger partial charge in [0.25, 0.3) is 0 Å². The molecular formula is C11H19N3O. The Balaban J connectivity index is 3.14. The zero-order valence-electron chi connectivity index (χ0n) is 9.72. The molecule has 0 aromatic heterocycles. The molecule has 0 aliphatic rings. The van der Waals surface area contributed by atoms with E-state index in [0.717, 1.165) is 22.4 Å². The summed E-state index contributed by atoms with van der Waals surface area (Å²) in [6.07, 6.45) is -0.0328. The highest BCUT2D eigenvalue weighted by Gasteiger charge is 2.12. The molecule has 4 N–H and O–H groups in total. The minimum Gasteiger partial charge on any atom is -0.496 e. The first-order valence-electron chi connectivity index (χ1n) is 4.92. The van der Waals surface area contributed by atoms with E-state index in [1.807, 2.05) is 27.0 Å². The van der Waals surface area contributed by atoms with E-state index in [1.54, 1.807) is 7.11 Å². The zero-order chi connectivity index (χ0) is 11.4. The first-order chi connectivity index (χ1) is 7.13. The maximum Gasteiger partial charge on any atom is 0.122 e. The maximum absolute atomic E-state index is 5.46. The number of hydrazine groups is 1. The Morgan fingerprint density at radius 3 is 2.40 bits per heavy atom. The largest absolute Gasteiger partial charge is 0.496 e. The van der Waals surface area contributed by atoms with E-state index in [-0.39, 0.29) is 6.17 Å². The summed E-state index contributed by atoms with van der Waals surface area (Å²) in [5.41, 5.74) is 6.11. The van der Waals surface area contributed by atoms with Gasteiger partial charge in [0.2, 0.25) is 0 Å². The molecule has 0 heterocycles. The van der Waals surface area contributed by atoms with Gasteiger partial charge in [0.05, 0.1) is 13.3 Å². The summed E-state index contributed by atoms with van der Waals surface area (Å²) >= 11 is 0. The molecule has 0 aliphatic carbocycles. The van der Waals surface area contributed by atoms with Crippen LogP contribution in [0.4, 0.5) is 0 Å². The van der Waals surface area contributed by atoms with Gasteiger partial charge < -0.3 is 10.1 Å². The van der Waals surface area contributed by atoms with Crippen molar-refractivity contribution >= 4 is 0 Å². The van der Waals surface area contributed by atoms with Crippen LogP contribution in [0.1, 0.15) is 22.9 Å². The number of rotatable bonds is 4. The van der Waals surface area contributed by atoms with Crippen molar-refractivity contribution in [3.05, 3.63) is 28.8 Å². The Bertz CT molecular complexity index is 335. The van der Waals surface area contributed by atoms with E-state index >= 15 is 0 Å². The highest BCUT2D eigenvalue weighted by atomic mass is 16.5. The molecule has 0 aliphatic heterocycles. The predicted molar refractivity (Wildman–Crippen MR) is 61.6 cm³/mol. The normalized spacial score (nSPS) is 12.6. The fourth-order valence-corrected chi connectivity index (χ4v) is 1.67. The van der Waals surface area contributed by atoms with Crippen molar-refractivity contribution in [3.63, 3.8) is 0 Å². The van der Waals surface area contributed by atoms with Crippen molar-refractivity contribution in [2.24, 2.45) is 5.84 Å². The van der Waals surface area contributed by atoms with Crippen molar-refractivity contribution in [3.8, 4) is 5.75 Å². The lowest BCUT2D eigenvalue weighted by molar-refractivity contribution is 0.410. The van der Waals surface area contributed by atoms with Crippen LogP contribution in [0.3, 0.4) is 0 Å². The van der Waals surface area contributed by atoms with Gasteiger partial charge in [-0.05, 0) is 49.7 Å². The van der Waals surface area contributed by atoms with Gasteiger partial charge in [-0.15, -0.1) is 0 Å². The van der Waals surface area contributed by atoms with Gasteiger partial charge in [0.15, 0.2) is 0 Å². The van der Waals surface area contributed by atoms with Crippen LogP contribution in [0, 0.1) is 13.8 Å².